The first-order chi connectivity index (χ1) is 8.59. The van der Waals surface area contributed by atoms with Crippen LogP contribution in [0.5, 0.6) is 0 Å². The van der Waals surface area contributed by atoms with Crippen LogP contribution in [0.1, 0.15) is 21.0 Å². The highest BCUT2D eigenvalue weighted by molar-refractivity contribution is 5.96. The topological polar surface area (TPSA) is 87.5 Å². The van der Waals surface area contributed by atoms with E-state index in [1.54, 1.807) is 24.3 Å². The van der Waals surface area contributed by atoms with Gasteiger partial charge in [-0.05, 0) is 17.7 Å². The minimum atomic E-state index is -1.25. The number of carboxylic acids is 2. The molecule has 0 unspecified atom stereocenters. The van der Waals surface area contributed by atoms with Gasteiger partial charge in [0.05, 0.1) is 0 Å². The molecule has 1 aromatic carbocycles. The molecule has 0 bridgehead atoms. The maximum atomic E-state index is 11.1. The summed E-state index contributed by atoms with van der Waals surface area (Å²) < 4.78 is 0. The molecule has 2 aromatic rings. The van der Waals surface area contributed by atoms with Crippen molar-refractivity contribution in [2.75, 3.05) is 0 Å². The van der Waals surface area contributed by atoms with Gasteiger partial charge in [-0.2, -0.15) is 0 Å². The van der Waals surface area contributed by atoms with E-state index in [1.165, 1.54) is 12.1 Å². The van der Waals surface area contributed by atoms with Crippen LogP contribution in [0, 0.1) is 0 Å². The molecule has 0 radical (unpaired) electrons. The summed E-state index contributed by atoms with van der Waals surface area (Å²) in [5.74, 6) is -2.51. The highest BCUT2D eigenvalue weighted by Crippen LogP contribution is 2.22. The summed E-state index contributed by atoms with van der Waals surface area (Å²) in [4.78, 5) is 25.5. The Balaban J connectivity index is 2.61. The molecule has 90 valence electrons. The molecule has 0 saturated heterocycles. The fourth-order valence-corrected chi connectivity index (χ4v) is 1.59. The number of benzene rings is 1. The number of pyridine rings is 1. The number of carbonyl (C=O) groups is 2. The summed E-state index contributed by atoms with van der Waals surface area (Å²) in [6.45, 7) is 0. The van der Waals surface area contributed by atoms with Gasteiger partial charge in [0.2, 0.25) is 0 Å². The van der Waals surface area contributed by atoms with Crippen LogP contribution in [0.25, 0.3) is 11.1 Å². The van der Waals surface area contributed by atoms with E-state index < -0.39 is 11.9 Å². The van der Waals surface area contributed by atoms with Gasteiger partial charge in [0, 0.05) is 5.56 Å². The lowest BCUT2D eigenvalue weighted by Gasteiger charge is -2.06. The molecule has 0 aliphatic carbocycles. The average molecular weight is 243 g/mol. The van der Waals surface area contributed by atoms with Gasteiger partial charge in [0.1, 0.15) is 5.69 Å². The minimum absolute atomic E-state index is 0.263. The predicted octanol–water partition coefficient (Wildman–Crippen LogP) is 2.14. The monoisotopic (exact) mass is 243 g/mol. The van der Waals surface area contributed by atoms with Crippen molar-refractivity contribution in [2.45, 2.75) is 0 Å². The third-order valence-electron chi connectivity index (χ3n) is 2.40. The number of aromatic carboxylic acids is 2. The molecule has 5 nitrogen and oxygen atoms in total. The zero-order valence-corrected chi connectivity index (χ0v) is 9.20. The van der Waals surface area contributed by atoms with Crippen LogP contribution in [-0.4, -0.2) is 27.1 Å². The molecule has 0 spiro atoms. The van der Waals surface area contributed by atoms with Crippen LogP contribution < -0.4 is 0 Å². The fourth-order valence-electron chi connectivity index (χ4n) is 1.59. The first kappa shape index (κ1) is 11.8. The largest absolute Gasteiger partial charge is 0.477 e. The number of aromatic nitrogens is 1. The van der Waals surface area contributed by atoms with Crippen LogP contribution in [0.4, 0.5) is 0 Å². The third kappa shape index (κ3) is 2.20. The van der Waals surface area contributed by atoms with Gasteiger partial charge in [0.25, 0.3) is 0 Å². The van der Waals surface area contributed by atoms with Crippen LogP contribution in [0.3, 0.4) is 0 Å². The van der Waals surface area contributed by atoms with E-state index in [1.807, 2.05) is 6.07 Å². The lowest BCUT2D eigenvalue weighted by Crippen LogP contribution is -2.09. The van der Waals surface area contributed by atoms with E-state index in [9.17, 15) is 9.59 Å². The number of rotatable bonds is 3. The Morgan fingerprint density at radius 2 is 1.56 bits per heavy atom. The Hall–Kier alpha value is -2.69. The lowest BCUT2D eigenvalue weighted by atomic mass is 10.0. The third-order valence-corrected chi connectivity index (χ3v) is 2.40. The smallest absolute Gasteiger partial charge is 0.355 e. The summed E-state index contributed by atoms with van der Waals surface area (Å²) in [7, 11) is 0. The fraction of sp³-hybridized carbons (Fsp3) is 0. The molecular weight excluding hydrogens is 234 g/mol. The average Bonchev–Trinajstić information content (AvgIpc) is 2.39. The molecule has 5 heteroatoms. The van der Waals surface area contributed by atoms with E-state index in [2.05, 4.69) is 4.98 Å². The zero-order chi connectivity index (χ0) is 13.1. The van der Waals surface area contributed by atoms with Gasteiger partial charge in [-0.25, -0.2) is 14.6 Å². The molecule has 0 fully saturated rings. The standard InChI is InChI=1S/C13H9NO4/c15-12(16)10-7-6-9(11(14-10)13(17)18)8-4-2-1-3-5-8/h1-7H,(H,15,16)(H,17,18). The van der Waals surface area contributed by atoms with Gasteiger partial charge in [-0.1, -0.05) is 30.3 Å². The Morgan fingerprint density at radius 1 is 0.889 bits per heavy atom. The highest BCUT2D eigenvalue weighted by atomic mass is 16.4. The molecule has 0 saturated carbocycles. The quantitative estimate of drug-likeness (QED) is 0.862. The maximum Gasteiger partial charge on any atom is 0.355 e. The Kier molecular flexibility index (Phi) is 3.05. The van der Waals surface area contributed by atoms with Crippen molar-refractivity contribution in [1.29, 1.82) is 0 Å². The number of hydrogen-bond acceptors (Lipinski definition) is 3. The van der Waals surface area contributed by atoms with Crippen LogP contribution in [0.15, 0.2) is 42.5 Å². The molecular formula is C13H9NO4. The predicted molar refractivity (Wildman–Crippen MR) is 63.6 cm³/mol. The molecule has 1 heterocycles. The number of hydrogen-bond donors (Lipinski definition) is 2. The van der Waals surface area contributed by atoms with Crippen LogP contribution in [-0.2, 0) is 0 Å². The van der Waals surface area contributed by atoms with Gasteiger partial charge in [-0.3, -0.25) is 0 Å². The summed E-state index contributed by atoms with van der Waals surface area (Å²) in [5, 5.41) is 17.9. The summed E-state index contributed by atoms with van der Waals surface area (Å²) in [6.07, 6.45) is 0. The first-order valence-electron chi connectivity index (χ1n) is 5.12. The van der Waals surface area contributed by atoms with Crippen LogP contribution in [0.2, 0.25) is 0 Å². The normalized spacial score (nSPS) is 10.0. The van der Waals surface area contributed by atoms with Gasteiger partial charge >= 0.3 is 11.9 Å². The van der Waals surface area contributed by atoms with Crippen molar-refractivity contribution in [3.05, 3.63) is 53.9 Å². The Labute approximate surface area is 102 Å². The van der Waals surface area contributed by atoms with Gasteiger partial charge in [0.15, 0.2) is 5.69 Å². The summed E-state index contributed by atoms with van der Waals surface area (Å²) in [5.41, 5.74) is 0.528. The van der Waals surface area contributed by atoms with Crippen molar-refractivity contribution in [1.82, 2.24) is 4.98 Å². The molecule has 2 rings (SSSR count). The van der Waals surface area contributed by atoms with Crippen molar-refractivity contribution in [3.63, 3.8) is 0 Å². The van der Waals surface area contributed by atoms with Crippen molar-refractivity contribution >= 4 is 11.9 Å². The highest BCUT2D eigenvalue weighted by Gasteiger charge is 2.16. The molecule has 2 N–H and O–H groups in total. The second-order valence-corrected chi connectivity index (χ2v) is 3.57. The zero-order valence-electron chi connectivity index (χ0n) is 9.20. The minimum Gasteiger partial charge on any atom is -0.477 e. The number of carboxylic acid groups (broad SMARTS) is 2. The van der Waals surface area contributed by atoms with Crippen molar-refractivity contribution < 1.29 is 19.8 Å². The summed E-state index contributed by atoms with van der Waals surface area (Å²) >= 11 is 0. The Morgan fingerprint density at radius 3 is 2.11 bits per heavy atom. The van der Waals surface area contributed by atoms with E-state index >= 15 is 0 Å². The number of nitrogens with zero attached hydrogens (tertiary/aromatic N) is 1. The van der Waals surface area contributed by atoms with Crippen molar-refractivity contribution in [3.8, 4) is 11.1 Å². The van der Waals surface area contributed by atoms with Gasteiger partial charge < -0.3 is 10.2 Å². The molecule has 0 atom stereocenters. The van der Waals surface area contributed by atoms with E-state index in [0.29, 0.717) is 11.1 Å². The van der Waals surface area contributed by atoms with Crippen molar-refractivity contribution in [2.24, 2.45) is 0 Å². The van der Waals surface area contributed by atoms with E-state index in [-0.39, 0.29) is 11.4 Å². The molecule has 0 aliphatic heterocycles. The van der Waals surface area contributed by atoms with E-state index in [0.717, 1.165) is 0 Å². The van der Waals surface area contributed by atoms with Gasteiger partial charge in [-0.15, -0.1) is 0 Å². The second-order valence-electron chi connectivity index (χ2n) is 3.57. The molecule has 18 heavy (non-hydrogen) atoms. The SMILES string of the molecule is O=C(O)c1ccc(-c2ccccc2)c(C(=O)O)n1. The Bertz CT molecular complexity index is 608. The van der Waals surface area contributed by atoms with E-state index in [4.69, 9.17) is 10.2 Å². The molecule has 0 aliphatic rings. The maximum absolute atomic E-state index is 11.1. The molecule has 1 aromatic heterocycles. The molecule has 0 amide bonds. The lowest BCUT2D eigenvalue weighted by molar-refractivity contribution is 0.0686. The first-order valence-corrected chi connectivity index (χ1v) is 5.12. The summed E-state index contributed by atoms with van der Waals surface area (Å²) in [6, 6.07) is 11.6. The second kappa shape index (κ2) is 4.67. The van der Waals surface area contributed by atoms with Crippen LogP contribution >= 0.6 is 0 Å².